The van der Waals surface area contributed by atoms with Crippen LogP contribution in [0.5, 0.6) is 0 Å². The zero-order chi connectivity index (χ0) is 16.6. The van der Waals surface area contributed by atoms with Crippen LogP contribution in [0.1, 0.15) is 25.3 Å². The van der Waals surface area contributed by atoms with Crippen LogP contribution in [0.15, 0.2) is 24.3 Å². The van der Waals surface area contributed by atoms with Gasteiger partial charge in [0.1, 0.15) is 0 Å². The molecule has 5 heteroatoms. The molecule has 1 atom stereocenters. The van der Waals surface area contributed by atoms with Gasteiger partial charge in [-0.1, -0.05) is 18.2 Å². The number of nitrogens with zero attached hydrogens (tertiary/aromatic N) is 2. The standard InChI is InChI=1S/C18H25N3O2/c1-12(22)19-15-8-13-6-4-5-7-17(13)21(11-15)18(23)14-9-16(10-14)20(2)3/h4-7,14-16H,8-11H2,1-3H3,(H,19,22). The van der Waals surface area contributed by atoms with Crippen LogP contribution in [0.3, 0.4) is 0 Å². The Morgan fingerprint density at radius 3 is 2.57 bits per heavy atom. The van der Waals surface area contributed by atoms with Gasteiger partial charge in [-0.25, -0.2) is 0 Å². The number of hydrogen-bond acceptors (Lipinski definition) is 3. The molecule has 0 radical (unpaired) electrons. The quantitative estimate of drug-likeness (QED) is 0.918. The number of carbonyl (C=O) groups is 2. The molecule has 23 heavy (non-hydrogen) atoms. The number of carbonyl (C=O) groups excluding carboxylic acids is 2. The Kier molecular flexibility index (Phi) is 4.39. The van der Waals surface area contributed by atoms with Gasteiger partial charge in [0.2, 0.25) is 11.8 Å². The lowest BCUT2D eigenvalue weighted by molar-refractivity contribution is -0.127. The van der Waals surface area contributed by atoms with E-state index in [1.807, 2.05) is 29.2 Å². The van der Waals surface area contributed by atoms with Crippen LogP contribution in [0, 0.1) is 5.92 Å². The third-order valence-electron chi connectivity index (χ3n) is 5.02. The molecule has 0 saturated heterocycles. The summed E-state index contributed by atoms with van der Waals surface area (Å²) in [4.78, 5) is 28.4. The Hall–Kier alpha value is -1.88. The minimum absolute atomic E-state index is 0.00364. The van der Waals surface area contributed by atoms with Gasteiger partial charge in [-0.3, -0.25) is 9.59 Å². The van der Waals surface area contributed by atoms with Crippen molar-refractivity contribution in [3.63, 3.8) is 0 Å². The number of para-hydroxylation sites is 1. The van der Waals surface area contributed by atoms with E-state index in [2.05, 4.69) is 24.3 Å². The fourth-order valence-corrected chi connectivity index (χ4v) is 3.62. The summed E-state index contributed by atoms with van der Waals surface area (Å²) in [6, 6.07) is 8.53. The van der Waals surface area contributed by atoms with Gasteiger partial charge in [0.05, 0.1) is 6.04 Å². The zero-order valence-electron chi connectivity index (χ0n) is 14.1. The lowest BCUT2D eigenvalue weighted by Crippen LogP contribution is -2.54. The summed E-state index contributed by atoms with van der Waals surface area (Å²) in [5.41, 5.74) is 2.14. The van der Waals surface area contributed by atoms with E-state index in [9.17, 15) is 9.59 Å². The van der Waals surface area contributed by atoms with Crippen LogP contribution < -0.4 is 10.2 Å². The van der Waals surface area contributed by atoms with Crippen molar-refractivity contribution in [1.82, 2.24) is 10.2 Å². The number of hydrogen-bond donors (Lipinski definition) is 1. The summed E-state index contributed by atoms with van der Waals surface area (Å²) < 4.78 is 0. The van der Waals surface area contributed by atoms with E-state index in [0.717, 1.165) is 30.5 Å². The highest BCUT2D eigenvalue weighted by atomic mass is 16.2. The third kappa shape index (κ3) is 3.24. The maximum absolute atomic E-state index is 12.9. The molecule has 0 aromatic heterocycles. The van der Waals surface area contributed by atoms with Crippen molar-refractivity contribution in [1.29, 1.82) is 0 Å². The molecular formula is C18H25N3O2. The van der Waals surface area contributed by atoms with Crippen molar-refractivity contribution in [2.24, 2.45) is 5.92 Å². The Morgan fingerprint density at radius 2 is 1.91 bits per heavy atom. The Morgan fingerprint density at radius 1 is 1.22 bits per heavy atom. The average Bonchev–Trinajstić information content (AvgIpc) is 2.43. The van der Waals surface area contributed by atoms with E-state index in [0.29, 0.717) is 12.6 Å². The summed E-state index contributed by atoms with van der Waals surface area (Å²) >= 11 is 0. The normalized spacial score (nSPS) is 26.4. The van der Waals surface area contributed by atoms with Crippen molar-refractivity contribution in [2.75, 3.05) is 25.5 Å². The summed E-state index contributed by atoms with van der Waals surface area (Å²) in [6.45, 7) is 2.10. The number of benzene rings is 1. The molecule has 5 nitrogen and oxygen atoms in total. The number of fused-ring (bicyclic) bond motifs is 1. The molecule has 1 saturated carbocycles. The summed E-state index contributed by atoms with van der Waals surface area (Å²) in [6.07, 6.45) is 2.63. The van der Waals surface area contributed by atoms with Crippen molar-refractivity contribution in [3.05, 3.63) is 29.8 Å². The zero-order valence-corrected chi connectivity index (χ0v) is 14.1. The van der Waals surface area contributed by atoms with Gasteiger partial charge in [0.15, 0.2) is 0 Å². The number of nitrogens with one attached hydrogen (secondary N) is 1. The molecule has 0 spiro atoms. The third-order valence-corrected chi connectivity index (χ3v) is 5.02. The van der Waals surface area contributed by atoms with Crippen LogP contribution in [-0.4, -0.2) is 49.4 Å². The smallest absolute Gasteiger partial charge is 0.230 e. The molecule has 1 heterocycles. The molecule has 2 aliphatic rings. The van der Waals surface area contributed by atoms with E-state index in [4.69, 9.17) is 0 Å². The van der Waals surface area contributed by atoms with Gasteiger partial charge in [0.25, 0.3) is 0 Å². The van der Waals surface area contributed by atoms with E-state index in [-0.39, 0.29) is 23.8 Å². The topological polar surface area (TPSA) is 52.7 Å². The van der Waals surface area contributed by atoms with Crippen LogP contribution in [-0.2, 0) is 16.0 Å². The molecule has 1 aromatic rings. The molecule has 0 bridgehead atoms. The van der Waals surface area contributed by atoms with Crippen molar-refractivity contribution < 1.29 is 9.59 Å². The van der Waals surface area contributed by atoms with Gasteiger partial charge in [-0.15, -0.1) is 0 Å². The second-order valence-corrected chi connectivity index (χ2v) is 6.96. The minimum atomic E-state index is -0.0434. The molecule has 1 unspecified atom stereocenters. The second-order valence-electron chi connectivity index (χ2n) is 6.96. The van der Waals surface area contributed by atoms with Crippen LogP contribution in [0.4, 0.5) is 5.69 Å². The van der Waals surface area contributed by atoms with Gasteiger partial charge in [-0.2, -0.15) is 0 Å². The lowest BCUT2D eigenvalue weighted by Gasteiger charge is -2.43. The molecule has 1 fully saturated rings. The van der Waals surface area contributed by atoms with Crippen molar-refractivity contribution in [2.45, 2.75) is 38.3 Å². The first kappa shape index (κ1) is 16.0. The fraction of sp³-hybridized carbons (Fsp3) is 0.556. The molecule has 1 aliphatic heterocycles. The number of rotatable bonds is 3. The first-order valence-corrected chi connectivity index (χ1v) is 8.28. The highest BCUT2D eigenvalue weighted by Gasteiger charge is 2.40. The summed E-state index contributed by atoms with van der Waals surface area (Å²) in [5, 5.41) is 2.97. The SMILES string of the molecule is CC(=O)NC1Cc2ccccc2N(C(=O)C2CC(N(C)C)C2)C1. The van der Waals surface area contributed by atoms with Crippen LogP contribution >= 0.6 is 0 Å². The Bertz CT molecular complexity index is 608. The Balaban J connectivity index is 1.77. The number of amides is 2. The molecular weight excluding hydrogens is 290 g/mol. The molecule has 1 aliphatic carbocycles. The van der Waals surface area contributed by atoms with Crippen LogP contribution in [0.2, 0.25) is 0 Å². The maximum atomic E-state index is 12.9. The van der Waals surface area contributed by atoms with Crippen molar-refractivity contribution in [3.8, 4) is 0 Å². The molecule has 2 amide bonds. The Labute approximate surface area is 137 Å². The highest BCUT2D eigenvalue weighted by molar-refractivity contribution is 5.97. The van der Waals surface area contributed by atoms with E-state index < -0.39 is 0 Å². The van der Waals surface area contributed by atoms with Gasteiger partial charge >= 0.3 is 0 Å². The largest absolute Gasteiger partial charge is 0.351 e. The predicted molar refractivity (Wildman–Crippen MR) is 90.3 cm³/mol. The van der Waals surface area contributed by atoms with Crippen LogP contribution in [0.25, 0.3) is 0 Å². The summed E-state index contributed by atoms with van der Waals surface area (Å²) in [5.74, 6) is 0.259. The van der Waals surface area contributed by atoms with Gasteiger partial charge in [-0.05, 0) is 45.0 Å². The second kappa shape index (κ2) is 6.32. The highest BCUT2D eigenvalue weighted by Crippen LogP contribution is 2.35. The maximum Gasteiger partial charge on any atom is 0.230 e. The van der Waals surface area contributed by atoms with Gasteiger partial charge in [0, 0.05) is 31.1 Å². The minimum Gasteiger partial charge on any atom is -0.351 e. The monoisotopic (exact) mass is 315 g/mol. The average molecular weight is 315 g/mol. The number of anilines is 1. The van der Waals surface area contributed by atoms with Gasteiger partial charge < -0.3 is 15.1 Å². The summed E-state index contributed by atoms with van der Waals surface area (Å²) in [7, 11) is 4.13. The molecule has 1 aromatic carbocycles. The van der Waals surface area contributed by atoms with E-state index in [1.54, 1.807) is 0 Å². The first-order chi connectivity index (χ1) is 11.0. The molecule has 3 rings (SSSR count). The van der Waals surface area contributed by atoms with E-state index in [1.165, 1.54) is 6.92 Å². The molecule has 124 valence electrons. The lowest BCUT2D eigenvalue weighted by atomic mass is 9.78. The fourth-order valence-electron chi connectivity index (χ4n) is 3.62. The first-order valence-electron chi connectivity index (χ1n) is 8.28. The van der Waals surface area contributed by atoms with E-state index >= 15 is 0 Å². The van der Waals surface area contributed by atoms with Crippen molar-refractivity contribution >= 4 is 17.5 Å². The molecule has 1 N–H and O–H groups in total. The predicted octanol–water partition coefficient (Wildman–Crippen LogP) is 1.42.